The molecule has 2 fully saturated rings. The number of hydrogen-bond donors (Lipinski definition) is 1. The van der Waals surface area contributed by atoms with Crippen molar-refractivity contribution < 1.29 is 0 Å². The summed E-state index contributed by atoms with van der Waals surface area (Å²) in [5, 5.41) is 3.93. The maximum Gasteiger partial charge on any atom is 0.00698 e. The maximum atomic E-state index is 3.93. The van der Waals surface area contributed by atoms with Crippen LogP contribution in [0.15, 0.2) is 0 Å². The Morgan fingerprint density at radius 2 is 1.60 bits per heavy atom. The lowest BCUT2D eigenvalue weighted by atomic mass is 9.79. The molecule has 2 rings (SSSR count). The SMILES string of the molecule is CCC1CCC(CNC2CCCC(CC(C)C)C2)CC1. The average Bonchev–Trinajstić information content (AvgIpc) is 2.45. The van der Waals surface area contributed by atoms with Gasteiger partial charge in [0, 0.05) is 6.04 Å². The van der Waals surface area contributed by atoms with Gasteiger partial charge in [-0.2, -0.15) is 0 Å². The van der Waals surface area contributed by atoms with E-state index < -0.39 is 0 Å². The lowest BCUT2D eigenvalue weighted by Crippen LogP contribution is -2.38. The molecule has 2 atom stereocenters. The van der Waals surface area contributed by atoms with Crippen LogP contribution in [0.2, 0.25) is 0 Å². The molecular formula is C19H37N. The molecule has 0 aliphatic heterocycles. The summed E-state index contributed by atoms with van der Waals surface area (Å²) < 4.78 is 0. The van der Waals surface area contributed by atoms with Gasteiger partial charge in [-0.3, -0.25) is 0 Å². The largest absolute Gasteiger partial charge is 0.314 e. The van der Waals surface area contributed by atoms with Gasteiger partial charge in [0.05, 0.1) is 0 Å². The summed E-state index contributed by atoms with van der Waals surface area (Å²) in [6.07, 6.45) is 14.6. The van der Waals surface area contributed by atoms with Crippen LogP contribution in [0.1, 0.15) is 85.0 Å². The second kappa shape index (κ2) is 8.41. The van der Waals surface area contributed by atoms with Gasteiger partial charge in [0.15, 0.2) is 0 Å². The lowest BCUT2D eigenvalue weighted by Gasteiger charge is -2.33. The third kappa shape index (κ3) is 5.39. The fourth-order valence-corrected chi connectivity index (χ4v) is 4.53. The Morgan fingerprint density at radius 3 is 2.25 bits per heavy atom. The van der Waals surface area contributed by atoms with Gasteiger partial charge in [-0.05, 0) is 62.3 Å². The van der Waals surface area contributed by atoms with Crippen molar-refractivity contribution in [3.8, 4) is 0 Å². The molecule has 0 heterocycles. The monoisotopic (exact) mass is 279 g/mol. The topological polar surface area (TPSA) is 12.0 Å². The van der Waals surface area contributed by atoms with Crippen molar-refractivity contribution in [3.05, 3.63) is 0 Å². The number of rotatable bonds is 6. The summed E-state index contributed by atoms with van der Waals surface area (Å²) in [7, 11) is 0. The van der Waals surface area contributed by atoms with Gasteiger partial charge in [0.1, 0.15) is 0 Å². The molecule has 118 valence electrons. The van der Waals surface area contributed by atoms with Crippen molar-refractivity contribution >= 4 is 0 Å². The van der Waals surface area contributed by atoms with E-state index in [0.29, 0.717) is 0 Å². The van der Waals surface area contributed by atoms with E-state index in [0.717, 1.165) is 29.7 Å². The molecule has 0 radical (unpaired) electrons. The van der Waals surface area contributed by atoms with Crippen molar-refractivity contribution in [1.82, 2.24) is 5.32 Å². The first kappa shape index (κ1) is 16.3. The molecule has 0 amide bonds. The van der Waals surface area contributed by atoms with Crippen molar-refractivity contribution in [2.45, 2.75) is 91.0 Å². The van der Waals surface area contributed by atoms with E-state index in [1.165, 1.54) is 70.8 Å². The minimum atomic E-state index is 0.830. The van der Waals surface area contributed by atoms with Gasteiger partial charge < -0.3 is 5.32 Å². The van der Waals surface area contributed by atoms with E-state index in [9.17, 15) is 0 Å². The molecule has 1 heteroatoms. The fourth-order valence-electron chi connectivity index (χ4n) is 4.53. The Kier molecular flexibility index (Phi) is 6.87. The fraction of sp³-hybridized carbons (Fsp3) is 1.00. The maximum absolute atomic E-state index is 3.93. The third-order valence-corrected chi connectivity index (χ3v) is 5.83. The van der Waals surface area contributed by atoms with E-state index in [4.69, 9.17) is 0 Å². The van der Waals surface area contributed by atoms with Gasteiger partial charge in [-0.15, -0.1) is 0 Å². The van der Waals surface area contributed by atoms with E-state index in [1.54, 1.807) is 0 Å². The Balaban J connectivity index is 1.64. The molecule has 1 N–H and O–H groups in total. The molecule has 0 aromatic carbocycles. The molecular weight excluding hydrogens is 242 g/mol. The smallest absolute Gasteiger partial charge is 0.00698 e. The first-order valence-electron chi connectivity index (χ1n) is 9.40. The predicted octanol–water partition coefficient (Wildman–Crippen LogP) is 5.40. The van der Waals surface area contributed by atoms with E-state index in [-0.39, 0.29) is 0 Å². The highest BCUT2D eigenvalue weighted by Gasteiger charge is 2.24. The summed E-state index contributed by atoms with van der Waals surface area (Å²) in [4.78, 5) is 0. The number of hydrogen-bond acceptors (Lipinski definition) is 1. The molecule has 2 aliphatic carbocycles. The summed E-state index contributed by atoms with van der Waals surface area (Å²) >= 11 is 0. The molecule has 0 spiro atoms. The van der Waals surface area contributed by atoms with Gasteiger partial charge in [0.25, 0.3) is 0 Å². The van der Waals surface area contributed by atoms with Crippen LogP contribution in [0.25, 0.3) is 0 Å². The first-order valence-corrected chi connectivity index (χ1v) is 9.40. The molecule has 0 bridgehead atoms. The molecule has 2 saturated carbocycles. The molecule has 0 aromatic heterocycles. The highest BCUT2D eigenvalue weighted by molar-refractivity contribution is 4.81. The van der Waals surface area contributed by atoms with Crippen molar-refractivity contribution in [1.29, 1.82) is 0 Å². The van der Waals surface area contributed by atoms with E-state index in [1.807, 2.05) is 0 Å². The van der Waals surface area contributed by atoms with Gasteiger partial charge in [0.2, 0.25) is 0 Å². The van der Waals surface area contributed by atoms with Crippen LogP contribution < -0.4 is 5.32 Å². The Bertz CT molecular complexity index is 252. The summed E-state index contributed by atoms with van der Waals surface area (Å²) in [6, 6.07) is 0.830. The Hall–Kier alpha value is -0.0400. The van der Waals surface area contributed by atoms with Crippen molar-refractivity contribution in [2.75, 3.05) is 6.54 Å². The van der Waals surface area contributed by atoms with Crippen LogP contribution in [0.4, 0.5) is 0 Å². The quantitative estimate of drug-likeness (QED) is 0.686. The zero-order valence-electron chi connectivity index (χ0n) is 14.2. The third-order valence-electron chi connectivity index (χ3n) is 5.83. The van der Waals surface area contributed by atoms with Crippen LogP contribution >= 0.6 is 0 Å². The molecule has 20 heavy (non-hydrogen) atoms. The Labute approximate surface area is 127 Å². The molecule has 2 aliphatic rings. The molecule has 0 aromatic rings. The highest BCUT2D eigenvalue weighted by Crippen LogP contribution is 2.32. The summed E-state index contributed by atoms with van der Waals surface area (Å²) in [5.74, 6) is 3.89. The normalized spacial score (nSPS) is 35.4. The zero-order valence-corrected chi connectivity index (χ0v) is 14.2. The van der Waals surface area contributed by atoms with Gasteiger partial charge >= 0.3 is 0 Å². The zero-order chi connectivity index (χ0) is 14.4. The minimum absolute atomic E-state index is 0.830. The second-order valence-corrected chi connectivity index (χ2v) is 8.06. The van der Waals surface area contributed by atoms with E-state index >= 15 is 0 Å². The second-order valence-electron chi connectivity index (χ2n) is 8.06. The van der Waals surface area contributed by atoms with Crippen LogP contribution in [-0.4, -0.2) is 12.6 Å². The summed E-state index contributed by atoms with van der Waals surface area (Å²) in [6.45, 7) is 8.42. The van der Waals surface area contributed by atoms with Gasteiger partial charge in [-0.25, -0.2) is 0 Å². The van der Waals surface area contributed by atoms with Crippen molar-refractivity contribution in [2.24, 2.45) is 23.7 Å². The minimum Gasteiger partial charge on any atom is -0.314 e. The van der Waals surface area contributed by atoms with Crippen LogP contribution in [0.3, 0.4) is 0 Å². The van der Waals surface area contributed by atoms with Crippen LogP contribution in [0, 0.1) is 23.7 Å². The molecule has 1 nitrogen and oxygen atoms in total. The number of nitrogens with one attached hydrogen (secondary N) is 1. The Morgan fingerprint density at radius 1 is 0.900 bits per heavy atom. The highest BCUT2D eigenvalue weighted by atomic mass is 14.9. The standard InChI is InChI=1S/C19H37N/c1-4-16-8-10-17(11-9-16)14-20-19-7-5-6-18(13-19)12-15(2)3/h15-20H,4-14H2,1-3H3. The van der Waals surface area contributed by atoms with Gasteiger partial charge in [-0.1, -0.05) is 52.9 Å². The van der Waals surface area contributed by atoms with Crippen LogP contribution in [0.5, 0.6) is 0 Å². The molecule has 2 unspecified atom stereocenters. The van der Waals surface area contributed by atoms with Crippen molar-refractivity contribution in [3.63, 3.8) is 0 Å². The lowest BCUT2D eigenvalue weighted by molar-refractivity contribution is 0.221. The predicted molar refractivity (Wildman–Crippen MR) is 88.9 cm³/mol. The van der Waals surface area contributed by atoms with Crippen LogP contribution in [-0.2, 0) is 0 Å². The summed E-state index contributed by atoms with van der Waals surface area (Å²) in [5.41, 5.74) is 0. The average molecular weight is 280 g/mol. The first-order chi connectivity index (χ1) is 9.67. The molecule has 0 saturated heterocycles. The van der Waals surface area contributed by atoms with E-state index in [2.05, 4.69) is 26.1 Å².